The number of hydrogen-bond acceptors (Lipinski definition) is 5. The molecule has 166 valence electrons. The number of morpholine rings is 1. The molecular weight excluding hydrogens is 421 g/mol. The Balaban J connectivity index is 1.67. The monoisotopic (exact) mass is 447 g/mol. The number of nitrogens with zero attached hydrogens (tertiary/aromatic N) is 3. The molecule has 0 bridgehead atoms. The molecule has 2 aliphatic rings. The molecule has 2 fully saturated rings. The maximum atomic E-state index is 14.8. The van der Waals surface area contributed by atoms with Crippen molar-refractivity contribution in [3.05, 3.63) is 59.7 Å². The fourth-order valence-corrected chi connectivity index (χ4v) is 5.64. The van der Waals surface area contributed by atoms with E-state index in [0.29, 0.717) is 19.8 Å². The summed E-state index contributed by atoms with van der Waals surface area (Å²) in [6, 6.07) is 7.01. The average molecular weight is 448 g/mol. The first-order valence-electron chi connectivity index (χ1n) is 10.6. The molecule has 2 saturated heterocycles. The molecule has 1 atom stereocenters. The minimum atomic E-state index is -3.83. The topological polar surface area (TPSA) is 79.8 Å². The number of sulfonamides is 1. The van der Waals surface area contributed by atoms with Crippen molar-refractivity contribution in [3.63, 3.8) is 0 Å². The molecule has 1 aromatic heterocycles. The van der Waals surface area contributed by atoms with Gasteiger partial charge < -0.3 is 9.64 Å². The third-order valence-electron chi connectivity index (χ3n) is 5.88. The van der Waals surface area contributed by atoms with E-state index in [9.17, 15) is 17.6 Å². The van der Waals surface area contributed by atoms with Crippen molar-refractivity contribution in [2.24, 2.45) is 0 Å². The maximum Gasteiger partial charge on any atom is 0.257 e. The van der Waals surface area contributed by atoms with Crippen LogP contribution in [0, 0.1) is 5.82 Å². The number of rotatable bonds is 4. The van der Waals surface area contributed by atoms with Gasteiger partial charge in [-0.1, -0.05) is 12.8 Å². The Bertz CT molecular complexity index is 1030. The van der Waals surface area contributed by atoms with Gasteiger partial charge in [0.25, 0.3) is 5.91 Å². The van der Waals surface area contributed by atoms with Crippen LogP contribution in [0.2, 0.25) is 0 Å². The summed E-state index contributed by atoms with van der Waals surface area (Å²) in [6.45, 7) is 1.59. The molecule has 3 heterocycles. The molecule has 31 heavy (non-hydrogen) atoms. The van der Waals surface area contributed by atoms with Crippen molar-refractivity contribution in [2.75, 3.05) is 32.8 Å². The van der Waals surface area contributed by atoms with E-state index < -0.39 is 21.7 Å². The smallest absolute Gasteiger partial charge is 0.257 e. The maximum absolute atomic E-state index is 14.8. The van der Waals surface area contributed by atoms with E-state index in [2.05, 4.69) is 4.98 Å². The number of hydrogen-bond donors (Lipinski definition) is 0. The van der Waals surface area contributed by atoms with Gasteiger partial charge in [-0.25, -0.2) is 12.8 Å². The van der Waals surface area contributed by atoms with Crippen molar-refractivity contribution in [2.45, 2.75) is 36.6 Å². The van der Waals surface area contributed by atoms with Crippen LogP contribution in [0.25, 0.3) is 0 Å². The van der Waals surface area contributed by atoms with Crippen molar-refractivity contribution >= 4 is 15.9 Å². The Morgan fingerprint density at radius 3 is 2.52 bits per heavy atom. The average Bonchev–Trinajstić information content (AvgIpc) is 3.06. The second kappa shape index (κ2) is 9.42. The molecule has 0 saturated carbocycles. The van der Waals surface area contributed by atoms with Gasteiger partial charge >= 0.3 is 0 Å². The number of carbonyl (C=O) groups is 1. The van der Waals surface area contributed by atoms with Gasteiger partial charge in [0.1, 0.15) is 5.82 Å². The highest BCUT2D eigenvalue weighted by Gasteiger charge is 2.32. The van der Waals surface area contributed by atoms with Gasteiger partial charge in [-0.2, -0.15) is 4.31 Å². The van der Waals surface area contributed by atoms with Gasteiger partial charge in [0, 0.05) is 32.0 Å². The first-order chi connectivity index (χ1) is 15.0. The zero-order valence-electron chi connectivity index (χ0n) is 17.2. The summed E-state index contributed by atoms with van der Waals surface area (Å²) in [5, 5.41) is 0. The SMILES string of the molecule is O=C(c1cc(S(=O)(=O)N2CCOCC2)ccc1F)N1CCCCCC1c1ccncc1. The predicted molar refractivity (Wildman–Crippen MR) is 112 cm³/mol. The van der Waals surface area contributed by atoms with E-state index in [1.165, 1.54) is 16.4 Å². The molecule has 9 heteroatoms. The molecule has 1 amide bonds. The van der Waals surface area contributed by atoms with E-state index in [0.717, 1.165) is 37.3 Å². The molecule has 2 aromatic rings. The second-order valence-electron chi connectivity index (χ2n) is 7.80. The van der Waals surface area contributed by atoms with Crippen LogP contribution in [-0.2, 0) is 14.8 Å². The molecule has 1 unspecified atom stereocenters. The molecular formula is C22H26FN3O4S. The van der Waals surface area contributed by atoms with Crippen LogP contribution in [0.4, 0.5) is 4.39 Å². The fraction of sp³-hybridized carbons (Fsp3) is 0.455. The molecule has 2 aliphatic heterocycles. The summed E-state index contributed by atoms with van der Waals surface area (Å²) in [4.78, 5) is 19.1. The van der Waals surface area contributed by atoms with Gasteiger partial charge in [0.15, 0.2) is 0 Å². The lowest BCUT2D eigenvalue weighted by atomic mass is 10.0. The van der Waals surface area contributed by atoms with Crippen LogP contribution in [0.15, 0.2) is 47.6 Å². The van der Waals surface area contributed by atoms with Crippen LogP contribution in [-0.4, -0.2) is 61.4 Å². The van der Waals surface area contributed by atoms with Gasteiger partial charge in [-0.05, 0) is 48.7 Å². The minimum absolute atomic E-state index is 0.0746. The van der Waals surface area contributed by atoms with Gasteiger partial charge in [-0.15, -0.1) is 0 Å². The second-order valence-corrected chi connectivity index (χ2v) is 9.74. The Morgan fingerprint density at radius 1 is 1.03 bits per heavy atom. The number of halogens is 1. The number of pyridine rings is 1. The lowest BCUT2D eigenvalue weighted by molar-refractivity contribution is 0.0675. The number of likely N-dealkylation sites (tertiary alicyclic amines) is 1. The molecule has 0 radical (unpaired) electrons. The molecule has 0 spiro atoms. The normalized spacial score (nSPS) is 20.9. The van der Waals surface area contributed by atoms with Crippen molar-refractivity contribution in [1.82, 2.24) is 14.2 Å². The highest BCUT2D eigenvalue weighted by atomic mass is 32.2. The zero-order chi connectivity index (χ0) is 21.8. The van der Waals surface area contributed by atoms with E-state index >= 15 is 0 Å². The summed E-state index contributed by atoms with van der Waals surface area (Å²) in [5.74, 6) is -1.20. The van der Waals surface area contributed by atoms with E-state index in [1.54, 1.807) is 17.3 Å². The number of aromatic nitrogens is 1. The van der Waals surface area contributed by atoms with Crippen LogP contribution in [0.5, 0.6) is 0 Å². The number of carbonyl (C=O) groups excluding carboxylic acids is 1. The standard InChI is InChI=1S/C22H26FN3O4S/c23-20-6-5-18(31(28,29)25-12-14-30-15-13-25)16-19(20)22(27)26-11-3-1-2-4-21(26)17-7-9-24-10-8-17/h5-10,16,21H,1-4,11-15H2. The number of amides is 1. The predicted octanol–water partition coefficient (Wildman–Crippen LogP) is 3.00. The van der Waals surface area contributed by atoms with Crippen molar-refractivity contribution in [3.8, 4) is 0 Å². The third kappa shape index (κ3) is 4.63. The molecule has 1 aromatic carbocycles. The summed E-state index contributed by atoms with van der Waals surface area (Å²) in [6.07, 6.45) is 6.89. The molecule has 0 aliphatic carbocycles. The summed E-state index contributed by atoms with van der Waals surface area (Å²) < 4.78 is 47.3. The van der Waals surface area contributed by atoms with Crippen LogP contribution in [0.3, 0.4) is 0 Å². The van der Waals surface area contributed by atoms with Crippen molar-refractivity contribution < 1.29 is 22.3 Å². The third-order valence-corrected chi connectivity index (χ3v) is 7.78. The summed E-state index contributed by atoms with van der Waals surface area (Å²) in [7, 11) is -3.83. The molecule has 4 rings (SSSR count). The Morgan fingerprint density at radius 2 is 1.77 bits per heavy atom. The Labute approximate surface area is 181 Å². The highest BCUT2D eigenvalue weighted by molar-refractivity contribution is 7.89. The van der Waals surface area contributed by atoms with Gasteiger partial charge in [0.05, 0.1) is 29.7 Å². The summed E-state index contributed by atoms with van der Waals surface area (Å²) >= 11 is 0. The van der Waals surface area contributed by atoms with E-state index in [4.69, 9.17) is 4.74 Å². The Hall–Kier alpha value is -2.36. The molecule has 0 N–H and O–H groups in total. The lowest BCUT2D eigenvalue weighted by Gasteiger charge is -2.31. The first kappa shape index (κ1) is 21.9. The summed E-state index contributed by atoms with van der Waals surface area (Å²) in [5.41, 5.74) is 0.734. The minimum Gasteiger partial charge on any atom is -0.379 e. The van der Waals surface area contributed by atoms with Crippen LogP contribution in [0.1, 0.15) is 47.6 Å². The van der Waals surface area contributed by atoms with Crippen LogP contribution >= 0.6 is 0 Å². The number of benzene rings is 1. The number of ether oxygens (including phenoxy) is 1. The zero-order valence-corrected chi connectivity index (χ0v) is 18.1. The fourth-order valence-electron chi connectivity index (χ4n) is 4.20. The largest absolute Gasteiger partial charge is 0.379 e. The first-order valence-corrected chi connectivity index (χ1v) is 12.0. The molecule has 7 nitrogen and oxygen atoms in total. The Kier molecular flexibility index (Phi) is 6.64. The van der Waals surface area contributed by atoms with Crippen LogP contribution < -0.4 is 0 Å². The van der Waals surface area contributed by atoms with E-state index in [-0.39, 0.29) is 29.6 Å². The van der Waals surface area contributed by atoms with Crippen molar-refractivity contribution in [1.29, 1.82) is 0 Å². The van der Waals surface area contributed by atoms with Gasteiger partial charge in [0.2, 0.25) is 10.0 Å². The van der Waals surface area contributed by atoms with Gasteiger partial charge in [-0.3, -0.25) is 9.78 Å². The lowest BCUT2D eigenvalue weighted by Crippen LogP contribution is -2.40. The van der Waals surface area contributed by atoms with E-state index in [1.807, 2.05) is 12.1 Å². The highest BCUT2D eigenvalue weighted by Crippen LogP contribution is 2.32. The quantitative estimate of drug-likeness (QED) is 0.720.